The van der Waals surface area contributed by atoms with Gasteiger partial charge >= 0.3 is 11.9 Å². The summed E-state index contributed by atoms with van der Waals surface area (Å²) in [6.07, 6.45) is 7.09. The monoisotopic (exact) mass is 190 g/mol. The number of carbonyl (C=O) groups is 2. The molecule has 0 atom stereocenters. The van der Waals surface area contributed by atoms with Gasteiger partial charge < -0.3 is 4.74 Å². The van der Waals surface area contributed by atoms with Gasteiger partial charge in [-0.2, -0.15) is 0 Å². The first-order valence-electron chi connectivity index (χ1n) is 4.39. The quantitative estimate of drug-likeness (QED) is 0.429. The lowest BCUT2D eigenvalue weighted by molar-refractivity contribution is -0.149. The average Bonchev–Trinajstić information content (AvgIpc) is 2.29. The van der Waals surface area contributed by atoms with Gasteiger partial charge in [0.25, 0.3) is 0 Å². The van der Waals surface area contributed by atoms with Crippen molar-refractivity contribution in [3.63, 3.8) is 0 Å². The van der Waals surface area contributed by atoms with Gasteiger partial charge in [0.1, 0.15) is 0 Å². The third kappa shape index (κ3) is 1.31. The lowest BCUT2D eigenvalue weighted by Gasteiger charge is -2.13. The Hall–Kier alpha value is -1.64. The molecule has 14 heavy (non-hydrogen) atoms. The summed E-state index contributed by atoms with van der Waals surface area (Å²) in [5.41, 5.74) is 0.513. The molecular formula is C11H10O3. The first-order valence-corrected chi connectivity index (χ1v) is 4.39. The highest BCUT2D eigenvalue weighted by molar-refractivity contribution is 6.18. The molecule has 0 unspecified atom stereocenters. The summed E-state index contributed by atoms with van der Waals surface area (Å²) in [4.78, 5) is 22.5. The Labute approximate surface area is 81.7 Å². The van der Waals surface area contributed by atoms with Crippen molar-refractivity contribution in [1.82, 2.24) is 0 Å². The summed E-state index contributed by atoms with van der Waals surface area (Å²) in [6, 6.07) is 0. The summed E-state index contributed by atoms with van der Waals surface area (Å²) in [5.74, 6) is -1.10. The molecule has 0 bridgehead atoms. The molecule has 0 saturated carbocycles. The van der Waals surface area contributed by atoms with Crippen LogP contribution in [-0.2, 0) is 14.3 Å². The van der Waals surface area contributed by atoms with E-state index in [4.69, 9.17) is 0 Å². The molecule has 1 fully saturated rings. The molecule has 2 rings (SSSR count). The van der Waals surface area contributed by atoms with Crippen LogP contribution in [0.3, 0.4) is 0 Å². The molecule has 1 saturated heterocycles. The molecule has 1 aliphatic carbocycles. The van der Waals surface area contributed by atoms with E-state index in [9.17, 15) is 9.59 Å². The smallest absolute Gasteiger partial charge is 0.346 e. The van der Waals surface area contributed by atoms with Crippen LogP contribution in [0.5, 0.6) is 0 Å². The van der Waals surface area contributed by atoms with Crippen LogP contribution in [0.4, 0.5) is 0 Å². The number of carbonyl (C=O) groups excluding carboxylic acids is 2. The fourth-order valence-corrected chi connectivity index (χ4v) is 1.52. The second-order valence-electron chi connectivity index (χ2n) is 4.00. The maximum atomic E-state index is 11.3. The van der Waals surface area contributed by atoms with Gasteiger partial charge in [-0.05, 0) is 6.08 Å². The van der Waals surface area contributed by atoms with Crippen molar-refractivity contribution in [2.24, 2.45) is 5.41 Å². The Morgan fingerprint density at radius 1 is 1.14 bits per heavy atom. The van der Waals surface area contributed by atoms with E-state index in [-0.39, 0.29) is 5.41 Å². The average molecular weight is 190 g/mol. The Balaban J connectivity index is 2.57. The van der Waals surface area contributed by atoms with Gasteiger partial charge in [-0.15, -0.1) is 0 Å². The van der Waals surface area contributed by atoms with E-state index in [0.717, 1.165) is 0 Å². The summed E-state index contributed by atoms with van der Waals surface area (Å²) in [6.45, 7) is 3.92. The van der Waals surface area contributed by atoms with Crippen molar-refractivity contribution in [2.75, 3.05) is 0 Å². The van der Waals surface area contributed by atoms with E-state index in [1.165, 1.54) is 0 Å². The van der Waals surface area contributed by atoms with Gasteiger partial charge in [-0.25, -0.2) is 9.59 Å². The molecule has 0 aromatic rings. The van der Waals surface area contributed by atoms with Gasteiger partial charge in [0.15, 0.2) is 0 Å². The number of hydrogen-bond acceptors (Lipinski definition) is 3. The zero-order valence-corrected chi connectivity index (χ0v) is 8.03. The van der Waals surface area contributed by atoms with Gasteiger partial charge in [0, 0.05) is 5.41 Å². The second kappa shape index (κ2) is 2.67. The van der Waals surface area contributed by atoms with Crippen molar-refractivity contribution in [3.8, 4) is 0 Å². The van der Waals surface area contributed by atoms with E-state index in [0.29, 0.717) is 11.1 Å². The zero-order chi connectivity index (χ0) is 10.3. The molecule has 2 aliphatic rings. The molecule has 0 amide bonds. The first-order chi connectivity index (χ1) is 6.49. The topological polar surface area (TPSA) is 43.4 Å². The molecule has 0 aromatic heterocycles. The third-order valence-electron chi connectivity index (χ3n) is 2.22. The molecule has 1 aliphatic heterocycles. The van der Waals surface area contributed by atoms with Crippen LogP contribution in [0.1, 0.15) is 13.8 Å². The Morgan fingerprint density at radius 3 is 2.50 bits per heavy atom. The molecule has 0 radical (unpaired) electrons. The van der Waals surface area contributed by atoms with E-state index in [2.05, 4.69) is 4.74 Å². The molecule has 3 heteroatoms. The molecule has 0 spiro atoms. The van der Waals surface area contributed by atoms with Crippen LogP contribution in [0.2, 0.25) is 0 Å². The van der Waals surface area contributed by atoms with Gasteiger partial charge in [-0.3, -0.25) is 0 Å². The molecular weight excluding hydrogens is 180 g/mol. The maximum Gasteiger partial charge on any atom is 0.346 e. The zero-order valence-electron chi connectivity index (χ0n) is 8.03. The number of fused-ring (bicyclic) bond motifs is 1. The highest BCUT2D eigenvalue weighted by Gasteiger charge is 2.35. The van der Waals surface area contributed by atoms with Crippen LogP contribution < -0.4 is 0 Å². The third-order valence-corrected chi connectivity index (χ3v) is 2.22. The van der Waals surface area contributed by atoms with Gasteiger partial charge in [0.2, 0.25) is 0 Å². The van der Waals surface area contributed by atoms with E-state index in [1.54, 1.807) is 18.2 Å². The van der Waals surface area contributed by atoms with Gasteiger partial charge in [-0.1, -0.05) is 32.1 Å². The van der Waals surface area contributed by atoms with E-state index >= 15 is 0 Å². The number of hydrogen-bond donors (Lipinski definition) is 0. The first kappa shape index (κ1) is 8.94. The van der Waals surface area contributed by atoms with Crippen molar-refractivity contribution in [1.29, 1.82) is 0 Å². The molecule has 3 nitrogen and oxygen atoms in total. The summed E-state index contributed by atoms with van der Waals surface area (Å²) >= 11 is 0. The lowest BCUT2D eigenvalue weighted by atomic mass is 9.90. The Kier molecular flexibility index (Phi) is 1.71. The van der Waals surface area contributed by atoms with Crippen LogP contribution in [0.15, 0.2) is 35.5 Å². The van der Waals surface area contributed by atoms with Crippen molar-refractivity contribution >= 4 is 11.9 Å². The predicted molar refractivity (Wildman–Crippen MR) is 50.2 cm³/mol. The van der Waals surface area contributed by atoms with Gasteiger partial charge in [0.05, 0.1) is 11.1 Å². The van der Waals surface area contributed by atoms with E-state index < -0.39 is 11.9 Å². The highest BCUT2D eigenvalue weighted by atomic mass is 16.6. The van der Waals surface area contributed by atoms with E-state index in [1.807, 2.05) is 19.9 Å². The predicted octanol–water partition coefficient (Wildman–Crippen LogP) is 1.52. The Bertz CT molecular complexity index is 408. The summed E-state index contributed by atoms with van der Waals surface area (Å²) < 4.78 is 4.51. The number of allylic oxidation sites excluding steroid dienone is 4. The number of cyclic esters (lactones) is 2. The fourth-order valence-electron chi connectivity index (χ4n) is 1.52. The summed E-state index contributed by atoms with van der Waals surface area (Å²) in [7, 11) is 0. The van der Waals surface area contributed by atoms with Crippen LogP contribution >= 0.6 is 0 Å². The molecule has 0 N–H and O–H groups in total. The van der Waals surface area contributed by atoms with Crippen molar-refractivity contribution in [2.45, 2.75) is 13.8 Å². The normalized spacial score (nSPS) is 23.6. The van der Waals surface area contributed by atoms with Crippen molar-refractivity contribution < 1.29 is 14.3 Å². The van der Waals surface area contributed by atoms with Crippen LogP contribution in [-0.4, -0.2) is 11.9 Å². The highest BCUT2D eigenvalue weighted by Crippen LogP contribution is 2.31. The molecule has 72 valence electrons. The minimum absolute atomic E-state index is 0.225. The number of ether oxygens (including phenoxy) is 1. The number of esters is 2. The minimum atomic E-state index is -0.552. The Morgan fingerprint density at radius 2 is 1.79 bits per heavy atom. The van der Waals surface area contributed by atoms with Crippen molar-refractivity contribution in [3.05, 3.63) is 35.5 Å². The molecule has 1 heterocycles. The van der Waals surface area contributed by atoms with Crippen LogP contribution in [0, 0.1) is 5.41 Å². The standard InChI is InChI=1S/C11H10O3/c1-11(2)5-3-4-7-8(6-11)10(13)14-9(7)12/h3-6H,1-2H3. The molecule has 0 aromatic carbocycles. The minimum Gasteiger partial charge on any atom is -0.386 e. The lowest BCUT2D eigenvalue weighted by Crippen LogP contribution is -2.05. The second-order valence-corrected chi connectivity index (χ2v) is 4.00. The summed E-state index contributed by atoms with van der Waals surface area (Å²) in [5, 5.41) is 0. The SMILES string of the molecule is CC1(C)C=CC=C2C(=O)OC(=O)C2=C1. The largest absolute Gasteiger partial charge is 0.386 e. The number of rotatable bonds is 0. The fraction of sp³-hybridized carbons (Fsp3) is 0.273. The van der Waals surface area contributed by atoms with Crippen LogP contribution in [0.25, 0.3) is 0 Å². The maximum absolute atomic E-state index is 11.3.